The van der Waals surface area contributed by atoms with Gasteiger partial charge >= 0.3 is 5.97 Å². The third-order valence-corrected chi connectivity index (χ3v) is 3.24. The monoisotopic (exact) mass is 263 g/mol. The average molecular weight is 263 g/mol. The number of hydrogen-bond donors (Lipinski definition) is 0. The highest BCUT2D eigenvalue weighted by atomic mass is 32.2. The highest BCUT2D eigenvalue weighted by molar-refractivity contribution is 8.06. The van der Waals surface area contributed by atoms with E-state index in [1.165, 1.54) is 6.92 Å². The van der Waals surface area contributed by atoms with Crippen LogP contribution in [0.4, 0.5) is 0 Å². The van der Waals surface area contributed by atoms with Crippen molar-refractivity contribution >= 4 is 23.5 Å². The van der Waals surface area contributed by atoms with Gasteiger partial charge in [-0.15, -0.1) is 0 Å². The molecule has 0 aliphatic heterocycles. The first kappa shape index (κ1) is 14.3. The number of nitriles is 1. The molecule has 1 aromatic rings. The Morgan fingerprint density at radius 1 is 1.39 bits per heavy atom. The van der Waals surface area contributed by atoms with Gasteiger partial charge in [0.25, 0.3) is 0 Å². The predicted octanol–water partition coefficient (Wildman–Crippen LogP) is 2.41. The molecule has 0 amide bonds. The van der Waals surface area contributed by atoms with Crippen LogP contribution in [0.1, 0.15) is 24.2 Å². The first-order valence-electron chi connectivity index (χ1n) is 5.40. The maximum absolute atomic E-state index is 12.3. The van der Waals surface area contributed by atoms with E-state index in [9.17, 15) is 9.59 Å². The summed E-state index contributed by atoms with van der Waals surface area (Å²) in [6.07, 6.45) is 0. The van der Waals surface area contributed by atoms with Gasteiger partial charge in [-0.3, -0.25) is 9.59 Å². The van der Waals surface area contributed by atoms with Crippen LogP contribution in [-0.4, -0.2) is 23.1 Å². The van der Waals surface area contributed by atoms with Crippen LogP contribution in [0, 0.1) is 10.7 Å². The van der Waals surface area contributed by atoms with Crippen LogP contribution in [0.5, 0.6) is 0 Å². The summed E-state index contributed by atoms with van der Waals surface area (Å²) in [5, 5.41) is 10.6. The van der Waals surface area contributed by atoms with Gasteiger partial charge < -0.3 is 4.74 Å². The third-order valence-electron chi connectivity index (χ3n) is 2.38. The molecule has 5 heteroatoms. The largest absolute Gasteiger partial charge is 0.465 e. The Morgan fingerprint density at radius 3 is 2.50 bits per heavy atom. The van der Waals surface area contributed by atoms with Crippen LogP contribution in [0.25, 0.3) is 0 Å². The van der Waals surface area contributed by atoms with Crippen molar-refractivity contribution in [1.82, 2.24) is 0 Å². The van der Waals surface area contributed by atoms with Gasteiger partial charge in [0.2, 0.25) is 0 Å². The van der Waals surface area contributed by atoms with E-state index in [-0.39, 0.29) is 6.61 Å². The van der Waals surface area contributed by atoms with Crippen LogP contribution in [0.2, 0.25) is 0 Å². The van der Waals surface area contributed by atoms with E-state index in [2.05, 4.69) is 0 Å². The molecule has 0 saturated carbocycles. The van der Waals surface area contributed by atoms with Gasteiger partial charge in [-0.05, 0) is 25.6 Å². The second-order valence-electron chi connectivity index (χ2n) is 3.64. The molecule has 0 saturated heterocycles. The van der Waals surface area contributed by atoms with Crippen molar-refractivity contribution in [3.8, 4) is 5.40 Å². The molecule has 0 radical (unpaired) electrons. The SMILES string of the molecule is CCOC(=O)C(C)(SC#N)C(=O)c1ccccc1. The molecule has 0 bridgehead atoms. The van der Waals surface area contributed by atoms with E-state index < -0.39 is 16.5 Å². The number of carbonyl (C=O) groups excluding carboxylic acids is 2. The van der Waals surface area contributed by atoms with E-state index in [0.717, 1.165) is 0 Å². The first-order chi connectivity index (χ1) is 8.56. The summed E-state index contributed by atoms with van der Waals surface area (Å²) >= 11 is 0.611. The molecule has 0 aliphatic rings. The van der Waals surface area contributed by atoms with Crippen molar-refractivity contribution in [3.63, 3.8) is 0 Å². The summed E-state index contributed by atoms with van der Waals surface area (Å²) in [7, 11) is 0. The van der Waals surface area contributed by atoms with Crippen LogP contribution in [-0.2, 0) is 9.53 Å². The number of thioether (sulfide) groups is 1. The maximum Gasteiger partial charge on any atom is 0.331 e. The topological polar surface area (TPSA) is 67.2 Å². The quantitative estimate of drug-likeness (QED) is 0.353. The van der Waals surface area contributed by atoms with Gasteiger partial charge in [-0.25, -0.2) is 0 Å². The second kappa shape index (κ2) is 6.22. The van der Waals surface area contributed by atoms with E-state index in [4.69, 9.17) is 10.00 Å². The Bertz CT molecular complexity index is 481. The molecule has 0 spiro atoms. The fourth-order valence-corrected chi connectivity index (χ4v) is 1.94. The molecular formula is C13H13NO3S. The van der Waals surface area contributed by atoms with E-state index in [0.29, 0.717) is 17.3 Å². The minimum atomic E-state index is -1.52. The van der Waals surface area contributed by atoms with Gasteiger partial charge in [-0.2, -0.15) is 5.26 Å². The fraction of sp³-hybridized carbons (Fsp3) is 0.308. The lowest BCUT2D eigenvalue weighted by molar-refractivity contribution is -0.144. The summed E-state index contributed by atoms with van der Waals surface area (Å²) in [6, 6.07) is 8.40. The molecular weight excluding hydrogens is 250 g/mol. The van der Waals surface area contributed by atoms with Crippen LogP contribution >= 0.6 is 11.8 Å². The highest BCUT2D eigenvalue weighted by Gasteiger charge is 2.44. The molecule has 0 aromatic heterocycles. The molecule has 0 fully saturated rings. The average Bonchev–Trinajstić information content (AvgIpc) is 2.39. The number of esters is 1. The number of ketones is 1. The Morgan fingerprint density at radius 2 is 2.00 bits per heavy atom. The Kier molecular flexibility index (Phi) is 4.93. The van der Waals surface area contributed by atoms with E-state index >= 15 is 0 Å². The maximum atomic E-state index is 12.3. The lowest BCUT2D eigenvalue weighted by atomic mass is 9.98. The van der Waals surface area contributed by atoms with E-state index in [1.807, 2.05) is 0 Å². The molecule has 1 atom stereocenters. The molecule has 0 heterocycles. The second-order valence-corrected chi connectivity index (χ2v) is 4.85. The molecule has 4 nitrogen and oxygen atoms in total. The van der Waals surface area contributed by atoms with Gasteiger partial charge in [0.05, 0.1) is 6.61 Å². The van der Waals surface area contributed by atoms with Gasteiger partial charge in [0, 0.05) is 5.56 Å². The summed E-state index contributed by atoms with van der Waals surface area (Å²) in [5.74, 6) is -1.11. The molecule has 0 aliphatic carbocycles. The minimum absolute atomic E-state index is 0.169. The molecule has 1 aromatic carbocycles. The lowest BCUT2D eigenvalue weighted by Crippen LogP contribution is -2.41. The van der Waals surface area contributed by atoms with Crippen LogP contribution < -0.4 is 0 Å². The summed E-state index contributed by atoms with van der Waals surface area (Å²) in [4.78, 5) is 24.2. The Balaban J connectivity index is 3.09. The van der Waals surface area contributed by atoms with Crippen molar-refractivity contribution in [1.29, 1.82) is 5.26 Å². The zero-order valence-corrected chi connectivity index (χ0v) is 11.0. The highest BCUT2D eigenvalue weighted by Crippen LogP contribution is 2.30. The molecule has 94 valence electrons. The van der Waals surface area contributed by atoms with Gasteiger partial charge in [0.15, 0.2) is 10.5 Å². The predicted molar refractivity (Wildman–Crippen MR) is 69.0 cm³/mol. The Hall–Kier alpha value is -1.80. The van der Waals surface area contributed by atoms with E-state index in [1.54, 1.807) is 42.7 Å². The molecule has 1 rings (SSSR count). The van der Waals surface area contributed by atoms with Crippen molar-refractivity contribution in [2.75, 3.05) is 6.61 Å². The van der Waals surface area contributed by atoms with Crippen LogP contribution in [0.3, 0.4) is 0 Å². The third kappa shape index (κ3) is 2.90. The molecule has 1 unspecified atom stereocenters. The van der Waals surface area contributed by atoms with Crippen molar-refractivity contribution in [2.45, 2.75) is 18.6 Å². The Labute approximate surface area is 110 Å². The summed E-state index contributed by atoms with van der Waals surface area (Å²) < 4.78 is 3.35. The normalized spacial score (nSPS) is 13.2. The number of carbonyl (C=O) groups is 2. The lowest BCUT2D eigenvalue weighted by Gasteiger charge is -2.21. The van der Waals surface area contributed by atoms with Gasteiger partial charge in [-0.1, -0.05) is 30.3 Å². The first-order valence-corrected chi connectivity index (χ1v) is 6.22. The molecule has 18 heavy (non-hydrogen) atoms. The zero-order chi connectivity index (χ0) is 13.6. The summed E-state index contributed by atoms with van der Waals surface area (Å²) in [5.41, 5.74) is 0.385. The number of thiocyanates is 1. The zero-order valence-electron chi connectivity index (χ0n) is 10.2. The smallest absolute Gasteiger partial charge is 0.331 e. The molecule has 0 N–H and O–H groups in total. The number of benzene rings is 1. The number of ether oxygens (including phenoxy) is 1. The number of hydrogen-bond acceptors (Lipinski definition) is 5. The number of nitrogens with zero attached hydrogens (tertiary/aromatic N) is 1. The fourth-order valence-electron chi connectivity index (χ4n) is 1.41. The summed E-state index contributed by atoms with van der Waals surface area (Å²) in [6.45, 7) is 3.24. The number of Topliss-reactive ketones (excluding diaryl/α,β-unsaturated/α-hetero) is 1. The van der Waals surface area contributed by atoms with Gasteiger partial charge in [0.1, 0.15) is 5.40 Å². The standard InChI is InChI=1S/C13H13NO3S/c1-3-17-12(16)13(2,18-9-14)11(15)10-7-5-4-6-8-10/h4-8H,3H2,1-2H3. The minimum Gasteiger partial charge on any atom is -0.465 e. The van der Waals surface area contributed by atoms with Crippen molar-refractivity contribution in [3.05, 3.63) is 35.9 Å². The van der Waals surface area contributed by atoms with Crippen molar-refractivity contribution < 1.29 is 14.3 Å². The number of rotatable bonds is 5. The van der Waals surface area contributed by atoms with Crippen LogP contribution in [0.15, 0.2) is 30.3 Å². The van der Waals surface area contributed by atoms with Crippen molar-refractivity contribution in [2.24, 2.45) is 0 Å².